The molecule has 0 radical (unpaired) electrons. The number of hydrogen-bond acceptors (Lipinski definition) is 2. The number of hydrogen-bond donors (Lipinski definition) is 1. The Hall–Kier alpha value is -1.18. The van der Waals surface area contributed by atoms with Crippen LogP contribution >= 0.6 is 0 Å². The first-order valence-electron chi connectivity index (χ1n) is 4.54. The van der Waals surface area contributed by atoms with Gasteiger partial charge in [-0.25, -0.2) is 0 Å². The van der Waals surface area contributed by atoms with E-state index < -0.39 is 0 Å². The lowest BCUT2D eigenvalue weighted by Gasteiger charge is -2.13. The number of anilines is 1. The zero-order chi connectivity index (χ0) is 9.84. The van der Waals surface area contributed by atoms with E-state index >= 15 is 0 Å². The van der Waals surface area contributed by atoms with Crippen LogP contribution in [0, 0.1) is 6.92 Å². The first-order chi connectivity index (χ1) is 6.13. The fourth-order valence-electron chi connectivity index (χ4n) is 1.24. The minimum Gasteiger partial charge on any atom is -0.497 e. The van der Waals surface area contributed by atoms with Crippen LogP contribution in [-0.4, -0.2) is 13.2 Å². The van der Waals surface area contributed by atoms with Gasteiger partial charge in [-0.15, -0.1) is 0 Å². The Morgan fingerprint density at radius 2 is 2.00 bits per heavy atom. The van der Waals surface area contributed by atoms with Crippen molar-refractivity contribution in [3.8, 4) is 5.75 Å². The molecule has 0 aliphatic heterocycles. The molecule has 0 fully saturated rings. The molecule has 1 aromatic carbocycles. The molecule has 0 saturated heterocycles. The SMILES string of the molecule is COc1ccc(NC(C)C)c(C)c1. The van der Waals surface area contributed by atoms with Gasteiger partial charge in [0.25, 0.3) is 0 Å². The van der Waals surface area contributed by atoms with E-state index in [2.05, 4.69) is 26.1 Å². The van der Waals surface area contributed by atoms with Gasteiger partial charge in [-0.2, -0.15) is 0 Å². The third-order valence-corrected chi connectivity index (χ3v) is 1.88. The van der Waals surface area contributed by atoms with Crippen molar-refractivity contribution >= 4 is 5.69 Å². The van der Waals surface area contributed by atoms with E-state index in [1.807, 2.05) is 18.2 Å². The van der Waals surface area contributed by atoms with Crippen molar-refractivity contribution in [2.45, 2.75) is 26.8 Å². The van der Waals surface area contributed by atoms with Gasteiger partial charge >= 0.3 is 0 Å². The molecule has 0 amide bonds. The van der Waals surface area contributed by atoms with Gasteiger partial charge < -0.3 is 10.1 Å². The number of nitrogens with one attached hydrogen (secondary N) is 1. The van der Waals surface area contributed by atoms with Crippen LogP contribution in [0.1, 0.15) is 19.4 Å². The average molecular weight is 179 g/mol. The lowest BCUT2D eigenvalue weighted by molar-refractivity contribution is 0.414. The summed E-state index contributed by atoms with van der Waals surface area (Å²) in [5, 5.41) is 3.37. The summed E-state index contributed by atoms with van der Waals surface area (Å²) in [5.41, 5.74) is 2.39. The fourth-order valence-corrected chi connectivity index (χ4v) is 1.24. The van der Waals surface area contributed by atoms with Crippen LogP contribution in [0.15, 0.2) is 18.2 Å². The van der Waals surface area contributed by atoms with E-state index in [0.717, 1.165) is 5.75 Å². The molecule has 2 heteroatoms. The highest BCUT2D eigenvalue weighted by molar-refractivity contribution is 5.53. The van der Waals surface area contributed by atoms with Crippen LogP contribution in [-0.2, 0) is 0 Å². The van der Waals surface area contributed by atoms with Crippen molar-refractivity contribution in [1.82, 2.24) is 0 Å². The number of rotatable bonds is 3. The van der Waals surface area contributed by atoms with Crippen molar-refractivity contribution in [2.24, 2.45) is 0 Å². The molecule has 0 aromatic heterocycles. The highest BCUT2D eigenvalue weighted by Gasteiger charge is 2.00. The van der Waals surface area contributed by atoms with Crippen LogP contribution in [0.5, 0.6) is 5.75 Å². The van der Waals surface area contributed by atoms with E-state index in [-0.39, 0.29) is 0 Å². The normalized spacial score (nSPS) is 10.2. The Bertz CT molecular complexity index is 281. The summed E-state index contributed by atoms with van der Waals surface area (Å²) in [6.45, 7) is 6.33. The molecule has 0 atom stereocenters. The molecule has 2 nitrogen and oxygen atoms in total. The van der Waals surface area contributed by atoms with Gasteiger partial charge in [0, 0.05) is 11.7 Å². The summed E-state index contributed by atoms with van der Waals surface area (Å²) in [7, 11) is 1.68. The maximum Gasteiger partial charge on any atom is 0.119 e. The molecule has 72 valence electrons. The van der Waals surface area contributed by atoms with Crippen molar-refractivity contribution in [1.29, 1.82) is 0 Å². The topological polar surface area (TPSA) is 21.3 Å². The van der Waals surface area contributed by atoms with Gasteiger partial charge in [-0.3, -0.25) is 0 Å². The van der Waals surface area contributed by atoms with E-state index in [4.69, 9.17) is 4.74 Å². The van der Waals surface area contributed by atoms with Crippen LogP contribution < -0.4 is 10.1 Å². The molecule has 1 N–H and O–H groups in total. The van der Waals surface area contributed by atoms with Crippen molar-refractivity contribution in [3.05, 3.63) is 23.8 Å². The van der Waals surface area contributed by atoms with E-state index in [0.29, 0.717) is 6.04 Å². The number of ether oxygens (including phenoxy) is 1. The van der Waals surface area contributed by atoms with E-state index in [9.17, 15) is 0 Å². The molecule has 0 aliphatic rings. The molecule has 1 aromatic rings. The summed E-state index contributed by atoms with van der Waals surface area (Å²) in [4.78, 5) is 0. The predicted octanol–water partition coefficient (Wildman–Crippen LogP) is 2.82. The second-order valence-electron chi connectivity index (χ2n) is 3.48. The summed E-state index contributed by atoms with van der Waals surface area (Å²) < 4.78 is 5.13. The molecule has 0 heterocycles. The van der Waals surface area contributed by atoms with E-state index in [1.54, 1.807) is 7.11 Å². The van der Waals surface area contributed by atoms with Crippen LogP contribution in [0.2, 0.25) is 0 Å². The minimum atomic E-state index is 0.465. The first-order valence-corrected chi connectivity index (χ1v) is 4.54. The van der Waals surface area contributed by atoms with Gasteiger partial charge in [-0.1, -0.05) is 0 Å². The maximum atomic E-state index is 5.13. The smallest absolute Gasteiger partial charge is 0.119 e. The summed E-state index contributed by atoms with van der Waals surface area (Å²) in [5.74, 6) is 0.909. The Labute approximate surface area is 79.9 Å². The molecule has 1 rings (SSSR count). The second-order valence-corrected chi connectivity index (χ2v) is 3.48. The fraction of sp³-hybridized carbons (Fsp3) is 0.455. The largest absolute Gasteiger partial charge is 0.497 e. The van der Waals surface area contributed by atoms with Gasteiger partial charge in [0.05, 0.1) is 7.11 Å². The predicted molar refractivity (Wildman–Crippen MR) is 56.5 cm³/mol. The highest BCUT2D eigenvalue weighted by atomic mass is 16.5. The lowest BCUT2D eigenvalue weighted by atomic mass is 10.2. The quantitative estimate of drug-likeness (QED) is 0.770. The highest BCUT2D eigenvalue weighted by Crippen LogP contribution is 2.21. The van der Waals surface area contributed by atoms with Gasteiger partial charge in [0.1, 0.15) is 5.75 Å². The number of aryl methyl sites for hydroxylation is 1. The molecule has 0 unspecified atom stereocenters. The Kier molecular flexibility index (Phi) is 3.18. The monoisotopic (exact) mass is 179 g/mol. The molecule has 13 heavy (non-hydrogen) atoms. The van der Waals surface area contributed by atoms with Crippen LogP contribution in [0.4, 0.5) is 5.69 Å². The Morgan fingerprint density at radius 3 is 2.46 bits per heavy atom. The first kappa shape index (κ1) is 9.90. The molecule has 0 saturated carbocycles. The Morgan fingerprint density at radius 1 is 1.31 bits per heavy atom. The average Bonchev–Trinajstić information content (AvgIpc) is 2.08. The van der Waals surface area contributed by atoms with Crippen molar-refractivity contribution in [3.63, 3.8) is 0 Å². The van der Waals surface area contributed by atoms with Crippen LogP contribution in [0.3, 0.4) is 0 Å². The van der Waals surface area contributed by atoms with E-state index in [1.165, 1.54) is 11.3 Å². The molecule has 0 spiro atoms. The lowest BCUT2D eigenvalue weighted by Crippen LogP contribution is -2.10. The molecular weight excluding hydrogens is 162 g/mol. The van der Waals surface area contributed by atoms with Gasteiger partial charge in [-0.05, 0) is 44.5 Å². The molecular formula is C11H17NO. The molecule has 0 aliphatic carbocycles. The summed E-state index contributed by atoms with van der Waals surface area (Å²) in [6.07, 6.45) is 0. The zero-order valence-corrected chi connectivity index (χ0v) is 8.72. The van der Waals surface area contributed by atoms with Gasteiger partial charge in [0.15, 0.2) is 0 Å². The summed E-state index contributed by atoms with van der Waals surface area (Å²) >= 11 is 0. The zero-order valence-electron chi connectivity index (χ0n) is 8.72. The number of methoxy groups -OCH3 is 1. The standard InChI is InChI=1S/C11H17NO/c1-8(2)12-11-6-5-10(13-4)7-9(11)3/h5-8,12H,1-4H3. The van der Waals surface area contributed by atoms with Crippen LogP contribution in [0.25, 0.3) is 0 Å². The minimum absolute atomic E-state index is 0.465. The van der Waals surface area contributed by atoms with Crippen molar-refractivity contribution < 1.29 is 4.74 Å². The maximum absolute atomic E-state index is 5.13. The third-order valence-electron chi connectivity index (χ3n) is 1.88. The second kappa shape index (κ2) is 4.17. The third kappa shape index (κ3) is 2.65. The summed E-state index contributed by atoms with van der Waals surface area (Å²) in [6, 6.07) is 6.52. The van der Waals surface area contributed by atoms with Crippen molar-refractivity contribution in [2.75, 3.05) is 12.4 Å². The number of benzene rings is 1. The van der Waals surface area contributed by atoms with Gasteiger partial charge in [0.2, 0.25) is 0 Å². The molecule has 0 bridgehead atoms. The Balaban J connectivity index is 2.85.